The van der Waals surface area contributed by atoms with Gasteiger partial charge in [-0.25, -0.2) is 4.67 Å². The molecule has 0 spiro atoms. The lowest BCUT2D eigenvalue weighted by Crippen LogP contribution is -2.66. The predicted molar refractivity (Wildman–Crippen MR) is 451 cm³/mol. The van der Waals surface area contributed by atoms with Crippen molar-refractivity contribution in [2.24, 2.45) is 5.92 Å². The molecule has 1 aromatic carbocycles. The third-order valence-electron chi connectivity index (χ3n) is 19.7. The molecule has 3 heterocycles. The fourth-order valence-corrected chi connectivity index (χ4v) is 16.3. The number of benzene rings is 1. The maximum atomic E-state index is 15.0. The lowest BCUT2D eigenvalue weighted by atomic mass is 9.87. The highest BCUT2D eigenvalue weighted by Crippen LogP contribution is 2.49. The SMILES string of the molecule is CC(=O)NC1C(OCCOCCNC(=O)CN(CC(=O)NCCOCCOC2OC(COC(C)=O)C(OC(C)=O)C(OC(C)=O)C2NC(C)=O)C(Cc2ccc(CNC(=O)C3CCC(OP(OCCC#N)N(C(C)C)C(C)C)CC3)cc2)C(=O)NCCOCCOC2OC(COC(C)=O)C(OC(C)=O)C(OC(C)=O)C2NC(C)=O)OC(COC(C)=O)C(OC(C)=O)C1OC(C)=O. The summed E-state index contributed by atoms with van der Waals surface area (Å²) in [7, 11) is -1.49. The van der Waals surface area contributed by atoms with Gasteiger partial charge in [0.1, 0.15) is 56.3 Å². The first-order valence-electron chi connectivity index (χ1n) is 43.1. The summed E-state index contributed by atoms with van der Waals surface area (Å²) in [5.41, 5.74) is 1.22. The lowest BCUT2D eigenvalue weighted by Gasteiger charge is -2.44. The van der Waals surface area contributed by atoms with Gasteiger partial charge in [-0.3, -0.25) is 81.6 Å². The van der Waals surface area contributed by atoms with E-state index in [-0.39, 0.29) is 135 Å². The van der Waals surface area contributed by atoms with Gasteiger partial charge in [0.05, 0.1) is 104 Å². The minimum atomic E-state index is -1.49. The van der Waals surface area contributed by atoms with Gasteiger partial charge < -0.3 is 132 Å². The molecule has 131 heavy (non-hydrogen) atoms. The molecule has 4 fully saturated rings. The zero-order valence-corrected chi connectivity index (χ0v) is 77.9. The number of nitrogens with zero attached hydrogens (tertiary/aromatic N) is 3. The molecule has 3 aliphatic heterocycles. The molecule has 7 amide bonds. The molecule has 7 N–H and O–H groups in total. The molecule has 0 radical (unpaired) electrons. The van der Waals surface area contributed by atoms with Gasteiger partial charge in [-0.05, 0) is 70.9 Å². The van der Waals surface area contributed by atoms with Crippen LogP contribution < -0.4 is 37.2 Å². The lowest BCUT2D eigenvalue weighted by molar-refractivity contribution is -0.279. The highest BCUT2D eigenvalue weighted by atomic mass is 31.2. The first kappa shape index (κ1) is 112. The second-order valence-corrected chi connectivity index (χ2v) is 32.8. The number of hydrogen-bond donors (Lipinski definition) is 7. The Balaban J connectivity index is 1.40. The predicted octanol–water partition coefficient (Wildman–Crippen LogP) is -0.216. The number of esters is 9. The van der Waals surface area contributed by atoms with Gasteiger partial charge in [0.25, 0.3) is 8.53 Å². The topological polar surface area (TPSA) is 572 Å². The fraction of sp³-hybridized carbons (Fsp3) is 0.726. The second-order valence-electron chi connectivity index (χ2n) is 31.4. The van der Waals surface area contributed by atoms with Gasteiger partial charge in [-0.1, -0.05) is 24.3 Å². The zero-order valence-electron chi connectivity index (χ0n) is 77.0. The van der Waals surface area contributed by atoms with E-state index in [4.69, 9.17) is 94.3 Å². The maximum Gasteiger partial charge on any atom is 0.303 e. The molecule has 46 nitrogen and oxygen atoms in total. The number of rotatable bonds is 55. The van der Waals surface area contributed by atoms with Crippen LogP contribution in [0.5, 0.6) is 0 Å². The average molecular weight is 1890 g/mol. The average Bonchev–Trinajstić information content (AvgIpc) is 0.787. The van der Waals surface area contributed by atoms with Crippen molar-refractivity contribution in [1.29, 1.82) is 5.26 Å². The highest BCUT2D eigenvalue weighted by Gasteiger charge is 2.55. The van der Waals surface area contributed by atoms with Crippen molar-refractivity contribution in [2.45, 2.75) is 272 Å². The van der Waals surface area contributed by atoms with Gasteiger partial charge >= 0.3 is 53.7 Å². The Labute approximate surface area is 761 Å². The monoisotopic (exact) mass is 1880 g/mol. The smallest absolute Gasteiger partial charge is 0.303 e. The summed E-state index contributed by atoms with van der Waals surface area (Å²) in [5.74, 6) is -11.5. The first-order valence-corrected chi connectivity index (χ1v) is 44.2. The summed E-state index contributed by atoms with van der Waals surface area (Å²) in [6.07, 6.45) is -14.3. The summed E-state index contributed by atoms with van der Waals surface area (Å²) in [6, 6.07) is 4.05. The Hall–Kier alpha value is -9.86. The van der Waals surface area contributed by atoms with Crippen molar-refractivity contribution in [2.75, 3.05) is 119 Å². The Bertz CT molecular complexity index is 3800. The number of ether oxygens (including phenoxy) is 18. The van der Waals surface area contributed by atoms with Gasteiger partial charge in [0, 0.05) is 127 Å². The van der Waals surface area contributed by atoms with Crippen LogP contribution in [-0.2, 0) is 184 Å². The number of carbonyl (C=O) groups is 16. The van der Waals surface area contributed by atoms with Crippen molar-refractivity contribution < 1.29 is 171 Å². The minimum Gasteiger partial charge on any atom is -0.463 e. The van der Waals surface area contributed by atoms with Crippen LogP contribution in [0.25, 0.3) is 0 Å². The quantitative estimate of drug-likeness (QED) is 0.0192. The van der Waals surface area contributed by atoms with Crippen LogP contribution in [-0.4, -0.2) is 339 Å². The van der Waals surface area contributed by atoms with E-state index in [1.165, 1.54) is 25.7 Å². The molecule has 1 saturated carbocycles. The summed E-state index contributed by atoms with van der Waals surface area (Å²) in [4.78, 5) is 207. The highest BCUT2D eigenvalue weighted by molar-refractivity contribution is 7.44. The van der Waals surface area contributed by atoms with Crippen LogP contribution in [0.4, 0.5) is 0 Å². The van der Waals surface area contributed by atoms with Gasteiger partial charge in [-0.15, -0.1) is 0 Å². The van der Waals surface area contributed by atoms with Crippen molar-refractivity contribution in [1.82, 2.24) is 46.8 Å². The number of amides is 7. The first-order chi connectivity index (χ1) is 62.1. The summed E-state index contributed by atoms with van der Waals surface area (Å²) >= 11 is 0. The van der Waals surface area contributed by atoms with E-state index in [1.54, 1.807) is 24.3 Å². The molecule has 1 aromatic rings. The van der Waals surface area contributed by atoms with E-state index in [2.05, 4.69) is 75.7 Å². The zero-order chi connectivity index (χ0) is 97.0. The van der Waals surface area contributed by atoms with Gasteiger partial charge in [-0.2, -0.15) is 5.26 Å². The molecule has 3 saturated heterocycles. The Morgan fingerprint density at radius 1 is 0.427 bits per heavy atom. The van der Waals surface area contributed by atoms with E-state index in [1.807, 2.05) is 0 Å². The number of hydrogen-bond acceptors (Lipinski definition) is 39. The van der Waals surface area contributed by atoms with Crippen molar-refractivity contribution in [3.05, 3.63) is 35.4 Å². The normalized spacial score (nSPS) is 23.9. The van der Waals surface area contributed by atoms with Crippen molar-refractivity contribution in [3.63, 3.8) is 0 Å². The molecular weight excluding hydrogens is 1760 g/mol. The van der Waals surface area contributed by atoms with E-state index < -0.39 is 229 Å². The fourth-order valence-electron chi connectivity index (χ4n) is 14.5. The van der Waals surface area contributed by atoms with E-state index in [0.717, 1.165) is 62.3 Å². The molecular formula is C84H129N10O36P. The molecule has 47 heteroatoms. The van der Waals surface area contributed by atoms with Gasteiger partial charge in [0.2, 0.25) is 41.4 Å². The van der Waals surface area contributed by atoms with E-state index in [0.29, 0.717) is 36.8 Å². The van der Waals surface area contributed by atoms with E-state index in [9.17, 15) is 77.2 Å². The molecule has 736 valence electrons. The number of carbonyl (C=O) groups excluding carboxylic acids is 16. The number of nitriles is 1. The molecule has 4 aliphatic rings. The molecule has 5 rings (SSSR count). The third-order valence-corrected chi connectivity index (χ3v) is 21.9. The minimum absolute atomic E-state index is 0.101. The van der Waals surface area contributed by atoms with Gasteiger partial charge in [0.15, 0.2) is 55.5 Å². The Kier molecular flexibility index (Phi) is 50.2. The Morgan fingerprint density at radius 2 is 0.771 bits per heavy atom. The second kappa shape index (κ2) is 58.9. The summed E-state index contributed by atoms with van der Waals surface area (Å²) in [6.45, 7) is 16.8. The van der Waals surface area contributed by atoms with Crippen molar-refractivity contribution in [3.8, 4) is 6.07 Å². The van der Waals surface area contributed by atoms with Crippen molar-refractivity contribution >= 4 is 104 Å². The summed E-state index contributed by atoms with van der Waals surface area (Å²) in [5, 5.41) is 28.4. The van der Waals surface area contributed by atoms with Crippen LogP contribution in [0.2, 0.25) is 0 Å². The van der Waals surface area contributed by atoms with Crippen LogP contribution in [0.15, 0.2) is 24.3 Å². The maximum absolute atomic E-state index is 15.0. The van der Waals surface area contributed by atoms with E-state index >= 15 is 4.79 Å². The van der Waals surface area contributed by atoms with Crippen LogP contribution in [0.1, 0.15) is 154 Å². The van der Waals surface area contributed by atoms with Crippen LogP contribution >= 0.6 is 8.53 Å². The molecule has 0 aromatic heterocycles. The standard InChI is InChI=1S/C84H129N10O36P/c1-47(2)94(48(3)4)131(120-30-17-26-85)130-64-24-22-63(23-25-64)80(109)89-41-62-20-18-61(19-21-62)40-65(81(110)88-29-33-113-36-39-116-84-73(92-51(7)97)79(126-60(16)106)76(123-57(13)103)68(129-84)46-119-54(10)100)93(42-69(107)86-27-31-111-34-37-114-82-71(90-49(5)95)77(124-58(14)104)74(121-55(11)101)66(127-82)44-117-52(8)98)43-70(108)87-28-32-112-35-38-115-83-72(91-50(6)96)78(125-59(15)105)75(122-56(12)102)67(128-83)45-118-53(9)99/h18-21,47-48,63-68,71-79,82-84H,17,22-25,27-46H2,1-16H3,(H,86,107)(H,87,108)(H,88,110)(H,89,109)(H,90,95)(H,91,96)(H,92,97). The molecule has 17 atom stereocenters. The van der Waals surface area contributed by atoms with Crippen LogP contribution in [0, 0.1) is 17.2 Å². The Morgan fingerprint density at radius 3 is 1.10 bits per heavy atom. The summed E-state index contributed by atoms with van der Waals surface area (Å²) < 4.78 is 117. The third kappa shape index (κ3) is 41.4. The van der Waals surface area contributed by atoms with Crippen LogP contribution in [0.3, 0.4) is 0 Å². The molecule has 1 aliphatic carbocycles. The number of nitrogens with one attached hydrogen (secondary N) is 7. The largest absolute Gasteiger partial charge is 0.463 e. The molecule has 17 unspecified atom stereocenters. The molecule has 0 bridgehead atoms.